The summed E-state index contributed by atoms with van der Waals surface area (Å²) in [5.41, 5.74) is -0.725. The third kappa shape index (κ3) is 5.14. The zero-order valence-corrected chi connectivity index (χ0v) is 17.3. The third-order valence-electron chi connectivity index (χ3n) is 5.17. The first-order chi connectivity index (χ1) is 12.5. The predicted molar refractivity (Wildman–Crippen MR) is 107 cm³/mol. The first-order valence-electron chi connectivity index (χ1n) is 9.36. The largest absolute Gasteiger partial charge is 0.384 e. The number of carbonyl (C=O) groups excluding carboxylic acids is 2. The van der Waals surface area contributed by atoms with E-state index >= 15 is 0 Å². The number of aliphatic hydroxyl groups is 1. The number of nitrogens with one attached hydrogen (secondary N) is 2. The van der Waals surface area contributed by atoms with E-state index in [0.717, 1.165) is 5.56 Å². The quantitative estimate of drug-likeness (QED) is 0.717. The molecule has 3 amide bonds. The normalized spacial score (nSPS) is 21.8. The summed E-state index contributed by atoms with van der Waals surface area (Å²) < 4.78 is 0. The number of hydrogen-bond acceptors (Lipinski definition) is 3. The van der Waals surface area contributed by atoms with Gasteiger partial charge in [0.25, 0.3) is 0 Å². The first-order valence-corrected chi connectivity index (χ1v) is 9.73. The van der Waals surface area contributed by atoms with Crippen LogP contribution in [0.15, 0.2) is 24.3 Å². The summed E-state index contributed by atoms with van der Waals surface area (Å²) in [5, 5.41) is 17.4. The second-order valence-corrected chi connectivity index (χ2v) is 8.56. The van der Waals surface area contributed by atoms with E-state index in [4.69, 9.17) is 11.6 Å². The van der Waals surface area contributed by atoms with Crippen molar-refractivity contribution in [1.29, 1.82) is 0 Å². The van der Waals surface area contributed by atoms with Crippen LogP contribution in [0.2, 0.25) is 5.02 Å². The summed E-state index contributed by atoms with van der Waals surface area (Å²) in [6.07, 6.45) is 0.690. The summed E-state index contributed by atoms with van der Waals surface area (Å²) in [4.78, 5) is 25.9. The molecule has 0 spiro atoms. The number of piperidine rings is 1. The molecule has 7 heteroatoms. The topological polar surface area (TPSA) is 81.7 Å². The van der Waals surface area contributed by atoms with Crippen molar-refractivity contribution in [2.45, 2.75) is 52.2 Å². The Morgan fingerprint density at radius 1 is 1.26 bits per heavy atom. The monoisotopic (exact) mass is 395 g/mol. The van der Waals surface area contributed by atoms with Gasteiger partial charge in [-0.1, -0.05) is 37.6 Å². The molecule has 0 bridgehead atoms. The van der Waals surface area contributed by atoms with E-state index in [1.54, 1.807) is 17.0 Å². The Labute approximate surface area is 166 Å². The Kier molecular flexibility index (Phi) is 6.76. The fraction of sp³-hybridized carbons (Fsp3) is 0.600. The Balaban J connectivity index is 1.95. The van der Waals surface area contributed by atoms with E-state index < -0.39 is 11.0 Å². The molecule has 1 aliphatic rings. The van der Waals surface area contributed by atoms with Gasteiger partial charge >= 0.3 is 6.03 Å². The lowest BCUT2D eigenvalue weighted by Crippen LogP contribution is -2.57. The van der Waals surface area contributed by atoms with Gasteiger partial charge in [-0.15, -0.1) is 0 Å². The minimum Gasteiger partial charge on any atom is -0.384 e. The first kappa shape index (κ1) is 21.5. The van der Waals surface area contributed by atoms with Crippen LogP contribution in [0.4, 0.5) is 4.79 Å². The molecule has 0 unspecified atom stereocenters. The number of halogens is 1. The Morgan fingerprint density at radius 3 is 2.44 bits per heavy atom. The fourth-order valence-corrected chi connectivity index (χ4v) is 3.68. The molecule has 27 heavy (non-hydrogen) atoms. The van der Waals surface area contributed by atoms with Crippen molar-refractivity contribution < 1.29 is 14.7 Å². The van der Waals surface area contributed by atoms with Gasteiger partial charge in [0.2, 0.25) is 5.91 Å². The van der Waals surface area contributed by atoms with Crippen LogP contribution in [0.5, 0.6) is 0 Å². The maximum Gasteiger partial charge on any atom is 0.315 e. The average molecular weight is 396 g/mol. The highest BCUT2D eigenvalue weighted by Gasteiger charge is 2.49. The van der Waals surface area contributed by atoms with Gasteiger partial charge in [0.05, 0.1) is 5.60 Å². The number of likely N-dealkylation sites (tertiary alicyclic amines) is 1. The second-order valence-electron chi connectivity index (χ2n) is 8.12. The van der Waals surface area contributed by atoms with E-state index in [-0.39, 0.29) is 30.9 Å². The minimum absolute atomic E-state index is 0.0221. The van der Waals surface area contributed by atoms with Crippen LogP contribution in [0, 0.1) is 5.41 Å². The molecule has 0 aliphatic carbocycles. The van der Waals surface area contributed by atoms with Crippen molar-refractivity contribution in [3.05, 3.63) is 34.9 Å². The van der Waals surface area contributed by atoms with E-state index in [0.29, 0.717) is 24.5 Å². The van der Waals surface area contributed by atoms with Crippen LogP contribution in [0.3, 0.4) is 0 Å². The second kappa shape index (κ2) is 8.48. The van der Waals surface area contributed by atoms with Gasteiger partial charge in [-0.25, -0.2) is 4.79 Å². The van der Waals surface area contributed by atoms with Crippen LogP contribution in [-0.4, -0.2) is 47.6 Å². The van der Waals surface area contributed by atoms with E-state index in [2.05, 4.69) is 10.6 Å². The Morgan fingerprint density at radius 2 is 1.89 bits per heavy atom. The van der Waals surface area contributed by atoms with Gasteiger partial charge < -0.3 is 20.6 Å². The molecule has 1 atom stereocenters. The van der Waals surface area contributed by atoms with Gasteiger partial charge in [-0.2, -0.15) is 0 Å². The van der Waals surface area contributed by atoms with Gasteiger partial charge in [-0.3, -0.25) is 4.79 Å². The number of amides is 3. The molecular weight excluding hydrogens is 366 g/mol. The van der Waals surface area contributed by atoms with E-state index in [9.17, 15) is 14.7 Å². The molecule has 0 aromatic heterocycles. The number of hydrogen-bond donors (Lipinski definition) is 3. The van der Waals surface area contributed by atoms with E-state index in [1.165, 1.54) is 0 Å². The molecule has 1 aromatic rings. The molecule has 150 valence electrons. The molecule has 6 nitrogen and oxygen atoms in total. The maximum absolute atomic E-state index is 12.5. The average Bonchev–Trinajstić information content (AvgIpc) is 2.57. The lowest BCUT2D eigenvalue weighted by atomic mass is 9.66. The zero-order valence-electron chi connectivity index (χ0n) is 16.5. The highest BCUT2D eigenvalue weighted by molar-refractivity contribution is 6.30. The number of benzene rings is 1. The third-order valence-corrected chi connectivity index (χ3v) is 5.42. The summed E-state index contributed by atoms with van der Waals surface area (Å²) >= 11 is 5.96. The number of urea groups is 1. The van der Waals surface area contributed by atoms with Crippen molar-refractivity contribution >= 4 is 23.5 Å². The molecule has 3 N–H and O–H groups in total. The van der Waals surface area contributed by atoms with Crippen LogP contribution in [0.25, 0.3) is 0 Å². The number of rotatable bonds is 5. The highest BCUT2D eigenvalue weighted by Crippen LogP contribution is 2.46. The SMILES string of the molecule is CC(C)NC(=O)NCCC(=O)N1CC[C@](O)(c2ccc(Cl)cc2)C(C)(C)C1. The number of nitrogens with zero attached hydrogens (tertiary/aromatic N) is 1. The summed E-state index contributed by atoms with van der Waals surface area (Å²) in [7, 11) is 0. The smallest absolute Gasteiger partial charge is 0.315 e. The molecule has 1 fully saturated rings. The van der Waals surface area contributed by atoms with Crippen molar-refractivity contribution in [2.24, 2.45) is 5.41 Å². The molecule has 1 saturated heterocycles. The van der Waals surface area contributed by atoms with Gasteiger partial charge in [0, 0.05) is 42.5 Å². The standard InChI is InChI=1S/C20H30ClN3O3/c1-14(2)23-18(26)22-11-9-17(25)24-12-10-20(27,19(3,4)13-24)15-5-7-16(21)8-6-15/h5-8,14,27H,9-13H2,1-4H3,(H2,22,23,26)/t20-/m0/s1. The van der Waals surface area contributed by atoms with Crippen LogP contribution >= 0.6 is 11.6 Å². The van der Waals surface area contributed by atoms with Gasteiger partial charge in [0.15, 0.2) is 0 Å². The van der Waals surface area contributed by atoms with Crippen molar-refractivity contribution in [3.63, 3.8) is 0 Å². The Bertz CT molecular complexity index is 676. The fourth-order valence-electron chi connectivity index (χ4n) is 3.55. The molecule has 2 rings (SSSR count). The van der Waals surface area contributed by atoms with Crippen LogP contribution in [-0.2, 0) is 10.4 Å². The molecule has 1 heterocycles. The Hall–Kier alpha value is -1.79. The van der Waals surface area contributed by atoms with E-state index in [1.807, 2.05) is 39.8 Å². The van der Waals surface area contributed by atoms with Crippen molar-refractivity contribution in [2.75, 3.05) is 19.6 Å². The predicted octanol–water partition coefficient (Wildman–Crippen LogP) is 2.88. The summed E-state index contributed by atoms with van der Waals surface area (Å²) in [5.74, 6) is -0.0221. The lowest BCUT2D eigenvalue weighted by molar-refractivity contribution is -0.153. The van der Waals surface area contributed by atoms with Crippen molar-refractivity contribution in [3.8, 4) is 0 Å². The zero-order chi connectivity index (χ0) is 20.2. The minimum atomic E-state index is -1.02. The molecule has 0 saturated carbocycles. The summed E-state index contributed by atoms with van der Waals surface area (Å²) in [6.45, 7) is 8.90. The highest BCUT2D eigenvalue weighted by atomic mass is 35.5. The summed E-state index contributed by atoms with van der Waals surface area (Å²) in [6, 6.07) is 7.02. The maximum atomic E-state index is 12.5. The van der Waals surface area contributed by atoms with Crippen LogP contribution in [0.1, 0.15) is 46.1 Å². The van der Waals surface area contributed by atoms with Gasteiger partial charge in [-0.05, 0) is 38.0 Å². The number of carbonyl (C=O) groups is 2. The van der Waals surface area contributed by atoms with Crippen molar-refractivity contribution in [1.82, 2.24) is 15.5 Å². The van der Waals surface area contributed by atoms with Crippen LogP contribution < -0.4 is 10.6 Å². The molecular formula is C20H30ClN3O3. The molecule has 1 aromatic carbocycles. The van der Waals surface area contributed by atoms with Gasteiger partial charge in [0.1, 0.15) is 0 Å². The molecule has 0 radical (unpaired) electrons. The molecule has 1 aliphatic heterocycles. The lowest BCUT2D eigenvalue weighted by Gasteiger charge is -2.50.